The quantitative estimate of drug-likeness (QED) is 0.852. The molecule has 1 aromatic heterocycles. The third kappa shape index (κ3) is 4.24. The summed E-state index contributed by atoms with van der Waals surface area (Å²) in [7, 11) is 0. The number of hydrogen-bond acceptors (Lipinski definition) is 4. The predicted octanol–water partition coefficient (Wildman–Crippen LogP) is 3.93. The number of carbonyl (C=O) groups excluding carboxylic acids is 1. The highest BCUT2D eigenvalue weighted by molar-refractivity contribution is 5.92. The topological polar surface area (TPSA) is 58.4 Å². The van der Waals surface area contributed by atoms with Gasteiger partial charge in [0, 0.05) is 31.6 Å². The van der Waals surface area contributed by atoms with Gasteiger partial charge in [0.15, 0.2) is 0 Å². The Morgan fingerprint density at radius 3 is 2.85 bits per heavy atom. The van der Waals surface area contributed by atoms with Gasteiger partial charge in [-0.15, -0.1) is 12.4 Å². The van der Waals surface area contributed by atoms with Crippen LogP contribution < -0.4 is 5.32 Å². The van der Waals surface area contributed by atoms with Crippen LogP contribution in [0.25, 0.3) is 0 Å². The number of amides is 1. The van der Waals surface area contributed by atoms with Crippen LogP contribution >= 0.6 is 12.4 Å². The Morgan fingerprint density at radius 1 is 1.38 bits per heavy atom. The van der Waals surface area contributed by atoms with Gasteiger partial charge in [0.25, 0.3) is 5.91 Å². The first-order chi connectivity index (χ1) is 12.1. The molecule has 2 aromatic rings. The fourth-order valence-electron chi connectivity index (χ4n) is 3.39. The van der Waals surface area contributed by atoms with Crippen molar-refractivity contribution in [3.05, 3.63) is 53.2 Å². The van der Waals surface area contributed by atoms with E-state index in [2.05, 4.69) is 24.3 Å². The van der Waals surface area contributed by atoms with Crippen molar-refractivity contribution in [3.8, 4) is 0 Å². The van der Waals surface area contributed by atoms with Crippen LogP contribution in [0.1, 0.15) is 60.5 Å². The molecule has 0 saturated carbocycles. The summed E-state index contributed by atoms with van der Waals surface area (Å²) in [4.78, 5) is 14.7. The van der Waals surface area contributed by atoms with Gasteiger partial charge in [-0.1, -0.05) is 31.1 Å². The molecule has 1 atom stereocenters. The number of halogens is 2. The number of aromatic nitrogens is 1. The lowest BCUT2D eigenvalue weighted by Gasteiger charge is -2.35. The van der Waals surface area contributed by atoms with Crippen LogP contribution in [0.15, 0.2) is 34.9 Å². The molecular formula is C19H25ClFN3O2. The summed E-state index contributed by atoms with van der Waals surface area (Å²) < 4.78 is 18.9. The summed E-state index contributed by atoms with van der Waals surface area (Å²) in [6.07, 6.45) is 1.91. The van der Waals surface area contributed by atoms with E-state index in [4.69, 9.17) is 4.52 Å². The molecule has 1 saturated heterocycles. The van der Waals surface area contributed by atoms with Crippen LogP contribution in [0, 0.1) is 5.82 Å². The van der Waals surface area contributed by atoms with E-state index in [9.17, 15) is 9.18 Å². The standard InChI is InChI=1S/C19H24FN3O2.ClH/c1-3-13(4-2)16-11-18(25-22-16)19(24)23-9-8-21-12-17(23)14-6-5-7-15(20)10-14;/h5-7,10-11,13,17,21H,3-4,8-9,12H2,1-2H3;1H. The number of nitrogens with one attached hydrogen (secondary N) is 1. The summed E-state index contributed by atoms with van der Waals surface area (Å²) in [6, 6.07) is 7.93. The van der Waals surface area contributed by atoms with Crippen molar-refractivity contribution in [3.63, 3.8) is 0 Å². The first-order valence-corrected chi connectivity index (χ1v) is 8.87. The van der Waals surface area contributed by atoms with Gasteiger partial charge in [-0.05, 0) is 30.5 Å². The van der Waals surface area contributed by atoms with E-state index in [-0.39, 0.29) is 35.9 Å². The molecule has 1 N–H and O–H groups in total. The summed E-state index contributed by atoms with van der Waals surface area (Å²) >= 11 is 0. The van der Waals surface area contributed by atoms with Crippen molar-refractivity contribution in [2.75, 3.05) is 19.6 Å². The Morgan fingerprint density at radius 2 is 2.15 bits per heavy atom. The zero-order valence-electron chi connectivity index (χ0n) is 15.1. The van der Waals surface area contributed by atoms with Crippen molar-refractivity contribution >= 4 is 18.3 Å². The minimum absolute atomic E-state index is 0. The highest BCUT2D eigenvalue weighted by Crippen LogP contribution is 2.27. The molecule has 2 heterocycles. The number of carbonyl (C=O) groups is 1. The molecule has 0 bridgehead atoms. The molecule has 0 aliphatic carbocycles. The van der Waals surface area contributed by atoms with E-state index in [0.717, 1.165) is 24.1 Å². The fraction of sp³-hybridized carbons (Fsp3) is 0.474. The van der Waals surface area contributed by atoms with Crippen molar-refractivity contribution in [1.29, 1.82) is 0 Å². The monoisotopic (exact) mass is 381 g/mol. The van der Waals surface area contributed by atoms with Crippen LogP contribution in [0.5, 0.6) is 0 Å². The van der Waals surface area contributed by atoms with Gasteiger partial charge in [0.1, 0.15) is 5.82 Å². The lowest BCUT2D eigenvalue weighted by Crippen LogP contribution is -2.48. The molecule has 7 heteroatoms. The molecule has 1 amide bonds. The number of piperazine rings is 1. The van der Waals surface area contributed by atoms with Crippen molar-refractivity contribution in [1.82, 2.24) is 15.4 Å². The fourth-order valence-corrected chi connectivity index (χ4v) is 3.39. The summed E-state index contributed by atoms with van der Waals surface area (Å²) in [5.74, 6) is 0.0594. The molecule has 1 aliphatic heterocycles. The zero-order chi connectivity index (χ0) is 17.8. The maximum absolute atomic E-state index is 13.6. The zero-order valence-corrected chi connectivity index (χ0v) is 15.9. The molecular weight excluding hydrogens is 357 g/mol. The summed E-state index contributed by atoms with van der Waals surface area (Å²) in [6.45, 7) is 6.02. The van der Waals surface area contributed by atoms with Gasteiger partial charge in [-0.3, -0.25) is 4.79 Å². The molecule has 1 unspecified atom stereocenters. The van der Waals surface area contributed by atoms with Crippen LogP contribution in [0.2, 0.25) is 0 Å². The van der Waals surface area contributed by atoms with E-state index < -0.39 is 0 Å². The average molecular weight is 382 g/mol. The molecule has 1 aromatic carbocycles. The van der Waals surface area contributed by atoms with Gasteiger partial charge < -0.3 is 14.7 Å². The summed E-state index contributed by atoms with van der Waals surface area (Å²) in [5, 5.41) is 7.36. The maximum Gasteiger partial charge on any atom is 0.293 e. The second-order valence-corrected chi connectivity index (χ2v) is 6.40. The molecule has 5 nitrogen and oxygen atoms in total. The first kappa shape index (κ1) is 20.4. The number of nitrogens with zero attached hydrogens (tertiary/aromatic N) is 2. The van der Waals surface area contributed by atoms with E-state index in [1.807, 2.05) is 6.07 Å². The minimum atomic E-state index is -0.300. The molecule has 1 aliphatic rings. The van der Waals surface area contributed by atoms with Gasteiger partial charge >= 0.3 is 0 Å². The van der Waals surface area contributed by atoms with E-state index in [0.29, 0.717) is 25.6 Å². The molecule has 0 radical (unpaired) electrons. The molecule has 142 valence electrons. The predicted molar refractivity (Wildman–Crippen MR) is 100 cm³/mol. The number of benzene rings is 1. The van der Waals surface area contributed by atoms with E-state index >= 15 is 0 Å². The Kier molecular flexibility index (Phi) is 7.17. The largest absolute Gasteiger partial charge is 0.351 e. The lowest BCUT2D eigenvalue weighted by molar-refractivity contribution is 0.0591. The highest BCUT2D eigenvalue weighted by atomic mass is 35.5. The Labute approximate surface area is 159 Å². The minimum Gasteiger partial charge on any atom is -0.351 e. The first-order valence-electron chi connectivity index (χ1n) is 8.87. The number of rotatable bonds is 5. The maximum atomic E-state index is 13.6. The third-order valence-electron chi connectivity index (χ3n) is 4.88. The Hall–Kier alpha value is -1.92. The van der Waals surface area contributed by atoms with E-state index in [1.54, 1.807) is 17.0 Å². The van der Waals surface area contributed by atoms with Gasteiger partial charge in [0.2, 0.25) is 5.76 Å². The van der Waals surface area contributed by atoms with Crippen LogP contribution in [-0.2, 0) is 0 Å². The van der Waals surface area contributed by atoms with E-state index in [1.165, 1.54) is 12.1 Å². The molecule has 3 rings (SSSR count). The van der Waals surface area contributed by atoms with Gasteiger partial charge in [-0.2, -0.15) is 0 Å². The van der Waals surface area contributed by atoms with Gasteiger partial charge in [0.05, 0.1) is 11.7 Å². The third-order valence-corrected chi connectivity index (χ3v) is 4.88. The highest BCUT2D eigenvalue weighted by Gasteiger charge is 2.31. The lowest BCUT2D eigenvalue weighted by atomic mass is 9.99. The summed E-state index contributed by atoms with van der Waals surface area (Å²) in [5.41, 5.74) is 1.60. The molecule has 1 fully saturated rings. The Bertz CT molecular complexity index is 733. The van der Waals surface area contributed by atoms with Crippen molar-refractivity contribution < 1.29 is 13.7 Å². The van der Waals surface area contributed by atoms with Gasteiger partial charge in [-0.25, -0.2) is 4.39 Å². The Balaban J connectivity index is 0.00000243. The van der Waals surface area contributed by atoms with Crippen LogP contribution in [0.4, 0.5) is 4.39 Å². The van der Waals surface area contributed by atoms with Crippen LogP contribution in [-0.4, -0.2) is 35.6 Å². The average Bonchev–Trinajstić information content (AvgIpc) is 3.12. The normalized spacial score (nSPS) is 17.2. The van der Waals surface area contributed by atoms with Crippen molar-refractivity contribution in [2.45, 2.75) is 38.6 Å². The van der Waals surface area contributed by atoms with Crippen LogP contribution in [0.3, 0.4) is 0 Å². The second-order valence-electron chi connectivity index (χ2n) is 6.40. The number of hydrogen-bond donors (Lipinski definition) is 1. The van der Waals surface area contributed by atoms with Crippen molar-refractivity contribution in [2.24, 2.45) is 0 Å². The molecule has 0 spiro atoms. The SMILES string of the molecule is CCC(CC)c1cc(C(=O)N2CCNCC2c2cccc(F)c2)on1.Cl. The molecule has 26 heavy (non-hydrogen) atoms. The smallest absolute Gasteiger partial charge is 0.293 e. The second kappa shape index (κ2) is 9.14.